The number of sulfone groups is 1. The lowest BCUT2D eigenvalue weighted by Gasteiger charge is -2.20. The maximum Gasteiger partial charge on any atom is 0.311 e. The minimum absolute atomic E-state index is 0.112. The van der Waals surface area contributed by atoms with Crippen molar-refractivity contribution in [2.45, 2.75) is 74.0 Å². The molecule has 0 unspecified atom stereocenters. The maximum absolute atomic E-state index is 13.1. The van der Waals surface area contributed by atoms with Gasteiger partial charge < -0.3 is 9.47 Å². The van der Waals surface area contributed by atoms with Crippen LogP contribution in [0.5, 0.6) is 11.5 Å². The Bertz CT molecular complexity index is 1170. The van der Waals surface area contributed by atoms with Crippen LogP contribution in [0.2, 0.25) is 0 Å². The second-order valence-corrected chi connectivity index (χ2v) is 13.6. The lowest BCUT2D eigenvalue weighted by molar-refractivity contribution is -0.136. The highest BCUT2D eigenvalue weighted by molar-refractivity contribution is 7.91. The zero-order valence-corrected chi connectivity index (χ0v) is 21.8. The molecule has 4 saturated carbocycles. The Hall–Kier alpha value is -2.67. The van der Waals surface area contributed by atoms with Gasteiger partial charge in [-0.05, 0) is 123 Å². The van der Waals surface area contributed by atoms with E-state index in [0.29, 0.717) is 48.0 Å². The summed E-state index contributed by atoms with van der Waals surface area (Å²) in [7, 11) is -3.76. The molecule has 0 aromatic heterocycles. The molecule has 6 nitrogen and oxygen atoms in total. The van der Waals surface area contributed by atoms with E-state index in [-0.39, 0.29) is 21.7 Å². The third kappa shape index (κ3) is 5.20. The molecule has 37 heavy (non-hydrogen) atoms. The van der Waals surface area contributed by atoms with Gasteiger partial charge in [0.05, 0.1) is 9.79 Å². The standard InChI is InChI=1S/C30H34O6S/c31-29(17-23-15-19-1-3-21(23)13-19)35-25-5-9-27(10-6-25)37(33,34)28-11-7-26(8-12-28)36-30(32)18-24-16-20-2-4-22(24)14-20/h5-12,19-24H,1-4,13-18H2/t19-,20+,21-,22-,23+,24+/m1/s1. The lowest BCUT2D eigenvalue weighted by Crippen LogP contribution is -2.18. The number of hydrogen-bond donors (Lipinski definition) is 0. The number of rotatable bonds is 8. The summed E-state index contributed by atoms with van der Waals surface area (Å²) in [6.45, 7) is 0. The van der Waals surface area contributed by atoms with Crippen molar-refractivity contribution >= 4 is 21.8 Å². The van der Waals surface area contributed by atoms with E-state index < -0.39 is 9.84 Å². The third-order valence-electron chi connectivity index (χ3n) is 9.36. The first-order chi connectivity index (χ1) is 17.8. The van der Waals surface area contributed by atoms with Crippen molar-refractivity contribution in [2.24, 2.45) is 35.5 Å². The predicted octanol–water partition coefficient (Wildman–Crippen LogP) is 5.98. The fraction of sp³-hybridized carbons (Fsp3) is 0.533. The van der Waals surface area contributed by atoms with Crippen LogP contribution in [0.25, 0.3) is 0 Å². The fourth-order valence-corrected chi connectivity index (χ4v) is 8.80. The van der Waals surface area contributed by atoms with Gasteiger partial charge in [-0.2, -0.15) is 0 Å². The summed E-state index contributed by atoms with van der Waals surface area (Å²) in [5.74, 6) is 3.91. The molecule has 2 aromatic carbocycles. The highest BCUT2D eigenvalue weighted by Crippen LogP contribution is 2.50. The van der Waals surface area contributed by atoms with Crippen molar-refractivity contribution < 1.29 is 27.5 Å². The molecule has 0 spiro atoms. The van der Waals surface area contributed by atoms with Crippen LogP contribution in [-0.4, -0.2) is 20.4 Å². The van der Waals surface area contributed by atoms with Crippen LogP contribution < -0.4 is 9.47 Å². The Labute approximate surface area is 218 Å². The molecule has 0 saturated heterocycles. The summed E-state index contributed by atoms with van der Waals surface area (Å²) in [6.07, 6.45) is 10.6. The van der Waals surface area contributed by atoms with E-state index in [1.165, 1.54) is 87.1 Å². The first-order valence-electron chi connectivity index (χ1n) is 13.7. The molecule has 0 radical (unpaired) electrons. The van der Waals surface area contributed by atoms with Crippen LogP contribution in [0.4, 0.5) is 0 Å². The molecular weight excluding hydrogens is 488 g/mol. The summed E-state index contributed by atoms with van der Waals surface area (Å²) in [5.41, 5.74) is 0. The molecule has 196 valence electrons. The summed E-state index contributed by atoms with van der Waals surface area (Å²) >= 11 is 0. The Balaban J connectivity index is 1.03. The van der Waals surface area contributed by atoms with Crippen LogP contribution >= 0.6 is 0 Å². The molecule has 2 aromatic rings. The van der Waals surface area contributed by atoms with E-state index in [2.05, 4.69) is 0 Å². The minimum atomic E-state index is -3.76. The van der Waals surface area contributed by atoms with Crippen LogP contribution in [-0.2, 0) is 19.4 Å². The molecule has 4 aliphatic carbocycles. The van der Waals surface area contributed by atoms with Gasteiger partial charge in [0.2, 0.25) is 9.84 Å². The van der Waals surface area contributed by atoms with Gasteiger partial charge in [-0.3, -0.25) is 9.59 Å². The highest BCUT2D eigenvalue weighted by Gasteiger charge is 2.41. The Morgan fingerprint density at radius 1 is 0.622 bits per heavy atom. The Morgan fingerprint density at radius 2 is 1.03 bits per heavy atom. The molecular formula is C30H34O6S. The van der Waals surface area contributed by atoms with Gasteiger partial charge in [0, 0.05) is 12.8 Å². The third-order valence-corrected chi connectivity index (χ3v) is 11.1. The topological polar surface area (TPSA) is 86.7 Å². The monoisotopic (exact) mass is 522 g/mol. The molecule has 4 bridgehead atoms. The molecule has 4 aliphatic rings. The quantitative estimate of drug-likeness (QED) is 0.313. The van der Waals surface area contributed by atoms with Crippen LogP contribution in [0.1, 0.15) is 64.2 Å². The predicted molar refractivity (Wildman–Crippen MR) is 137 cm³/mol. The molecule has 7 heteroatoms. The van der Waals surface area contributed by atoms with E-state index >= 15 is 0 Å². The number of fused-ring (bicyclic) bond motifs is 4. The minimum Gasteiger partial charge on any atom is -0.427 e. The molecule has 0 amide bonds. The maximum atomic E-state index is 13.1. The molecule has 0 N–H and O–H groups in total. The number of benzene rings is 2. The van der Waals surface area contributed by atoms with Crippen molar-refractivity contribution in [3.8, 4) is 11.5 Å². The fourth-order valence-electron chi connectivity index (χ4n) is 7.54. The number of ether oxygens (including phenoxy) is 2. The van der Waals surface area contributed by atoms with Gasteiger partial charge in [-0.1, -0.05) is 12.8 Å². The van der Waals surface area contributed by atoms with Gasteiger partial charge in [0.15, 0.2) is 0 Å². The second-order valence-electron chi connectivity index (χ2n) is 11.7. The first-order valence-corrected chi connectivity index (χ1v) is 15.2. The van der Waals surface area contributed by atoms with Crippen molar-refractivity contribution in [1.29, 1.82) is 0 Å². The SMILES string of the molecule is O=C(C[C@@H]1C[C@@H]2CC[C@@H]1C2)Oc1ccc(S(=O)(=O)c2ccc(OC(=O)C[C@@H]3C[C@H]4CC[C@@H]3C4)cc2)cc1. The van der Waals surface area contributed by atoms with E-state index in [1.807, 2.05) is 0 Å². The summed E-state index contributed by atoms with van der Waals surface area (Å²) < 4.78 is 37.2. The smallest absolute Gasteiger partial charge is 0.311 e. The van der Waals surface area contributed by atoms with E-state index in [0.717, 1.165) is 24.7 Å². The van der Waals surface area contributed by atoms with Gasteiger partial charge in [0.1, 0.15) is 11.5 Å². The van der Waals surface area contributed by atoms with Gasteiger partial charge in [-0.25, -0.2) is 8.42 Å². The molecule has 6 rings (SSSR count). The van der Waals surface area contributed by atoms with Gasteiger partial charge in [0.25, 0.3) is 0 Å². The van der Waals surface area contributed by atoms with E-state index in [4.69, 9.17) is 9.47 Å². The molecule has 0 heterocycles. The van der Waals surface area contributed by atoms with Crippen LogP contribution in [0.15, 0.2) is 58.3 Å². The average molecular weight is 523 g/mol. The Kier molecular flexibility index (Phi) is 6.59. The summed E-state index contributed by atoms with van der Waals surface area (Å²) in [6, 6.07) is 11.9. The normalized spacial score (nSPS) is 29.9. The van der Waals surface area contributed by atoms with Crippen LogP contribution in [0, 0.1) is 35.5 Å². The average Bonchev–Trinajstić information content (AvgIpc) is 3.67. The number of carbonyl (C=O) groups is 2. The lowest BCUT2D eigenvalue weighted by atomic mass is 9.86. The van der Waals surface area contributed by atoms with E-state index in [1.54, 1.807) is 0 Å². The zero-order valence-electron chi connectivity index (χ0n) is 21.0. The number of esters is 2. The van der Waals surface area contributed by atoms with Gasteiger partial charge in [-0.15, -0.1) is 0 Å². The largest absolute Gasteiger partial charge is 0.427 e. The first kappa shape index (κ1) is 24.7. The van der Waals surface area contributed by atoms with Crippen LogP contribution in [0.3, 0.4) is 0 Å². The number of carbonyl (C=O) groups excluding carboxylic acids is 2. The number of hydrogen-bond acceptors (Lipinski definition) is 6. The Morgan fingerprint density at radius 3 is 1.35 bits per heavy atom. The summed E-state index contributed by atoms with van der Waals surface area (Å²) in [4.78, 5) is 25.0. The zero-order chi connectivity index (χ0) is 25.6. The van der Waals surface area contributed by atoms with Crippen molar-refractivity contribution in [3.05, 3.63) is 48.5 Å². The van der Waals surface area contributed by atoms with E-state index in [9.17, 15) is 18.0 Å². The second kappa shape index (κ2) is 9.90. The van der Waals surface area contributed by atoms with Gasteiger partial charge >= 0.3 is 11.9 Å². The van der Waals surface area contributed by atoms with Crippen molar-refractivity contribution in [3.63, 3.8) is 0 Å². The molecule has 0 aliphatic heterocycles. The molecule has 4 fully saturated rings. The summed E-state index contributed by atoms with van der Waals surface area (Å²) in [5, 5.41) is 0. The molecule has 6 atom stereocenters. The van der Waals surface area contributed by atoms with Crippen molar-refractivity contribution in [1.82, 2.24) is 0 Å². The van der Waals surface area contributed by atoms with Crippen molar-refractivity contribution in [2.75, 3.05) is 0 Å². The highest BCUT2D eigenvalue weighted by atomic mass is 32.2.